The summed E-state index contributed by atoms with van der Waals surface area (Å²) in [5.74, 6) is 3.10. The second-order valence-corrected chi connectivity index (χ2v) is 9.91. The van der Waals surface area contributed by atoms with Crippen molar-refractivity contribution >= 4 is 17.5 Å². The number of anilines is 2. The fraction of sp³-hybridized carbons (Fsp3) is 0.464. The maximum absolute atomic E-state index is 12.7. The summed E-state index contributed by atoms with van der Waals surface area (Å²) in [4.78, 5) is 28.1. The summed E-state index contributed by atoms with van der Waals surface area (Å²) < 4.78 is 11.0. The summed E-state index contributed by atoms with van der Waals surface area (Å²) in [6.45, 7) is 6.21. The number of rotatable bonds is 9. The zero-order valence-electron chi connectivity index (χ0n) is 22.6. The molecule has 4 heterocycles. The second-order valence-electron chi connectivity index (χ2n) is 9.91. The number of hydrogen-bond donors (Lipinski definition) is 1. The smallest absolute Gasteiger partial charge is 0.223 e. The van der Waals surface area contributed by atoms with Gasteiger partial charge in [0.15, 0.2) is 5.82 Å². The number of likely N-dealkylation sites (N-methyl/N-ethyl adjacent to an activating group) is 1. The minimum atomic E-state index is -0.0179. The van der Waals surface area contributed by atoms with E-state index in [1.54, 1.807) is 7.11 Å². The number of amides is 1. The van der Waals surface area contributed by atoms with Crippen LogP contribution in [0.5, 0.6) is 11.6 Å². The first kappa shape index (κ1) is 26.6. The van der Waals surface area contributed by atoms with Crippen LogP contribution < -0.4 is 24.6 Å². The quantitative estimate of drug-likeness (QED) is 0.412. The molecule has 0 bridgehead atoms. The zero-order chi connectivity index (χ0) is 27.0. The van der Waals surface area contributed by atoms with Crippen molar-refractivity contribution in [1.29, 1.82) is 0 Å². The highest BCUT2D eigenvalue weighted by Gasteiger charge is 2.25. The van der Waals surface area contributed by atoms with E-state index in [-0.39, 0.29) is 11.8 Å². The Kier molecular flexibility index (Phi) is 8.67. The number of piperazine rings is 1. The van der Waals surface area contributed by atoms with E-state index in [9.17, 15) is 4.79 Å². The van der Waals surface area contributed by atoms with Crippen LogP contribution in [0.25, 0.3) is 11.3 Å². The maximum atomic E-state index is 12.7. The van der Waals surface area contributed by atoms with E-state index in [0.29, 0.717) is 19.0 Å². The topological polar surface area (TPSA) is 109 Å². The molecule has 2 saturated heterocycles. The number of benzene rings is 1. The Labute approximate surface area is 229 Å². The monoisotopic (exact) mass is 532 g/mol. The van der Waals surface area contributed by atoms with Gasteiger partial charge in [-0.25, -0.2) is 9.97 Å². The van der Waals surface area contributed by atoms with Crippen LogP contribution in [0.3, 0.4) is 0 Å². The van der Waals surface area contributed by atoms with Crippen LogP contribution in [-0.4, -0.2) is 97.6 Å². The minimum absolute atomic E-state index is 0.0179. The predicted molar refractivity (Wildman–Crippen MR) is 149 cm³/mol. The molecule has 0 atom stereocenters. The summed E-state index contributed by atoms with van der Waals surface area (Å²) in [5.41, 5.74) is 1.81. The fourth-order valence-corrected chi connectivity index (χ4v) is 4.87. The second kappa shape index (κ2) is 12.7. The van der Waals surface area contributed by atoms with Gasteiger partial charge >= 0.3 is 0 Å². The average molecular weight is 533 g/mol. The van der Waals surface area contributed by atoms with Gasteiger partial charge in [0.05, 0.1) is 19.3 Å². The molecule has 2 fully saturated rings. The number of carbonyl (C=O) groups excluding carboxylic acids is 1. The molecule has 1 amide bonds. The zero-order valence-corrected chi connectivity index (χ0v) is 22.6. The number of hydrogen-bond acceptors (Lipinski definition) is 10. The standard InChI is InChI=1S/C28H36N8O3/c1-34-14-16-36(17-15-34)26-19-27(31-20-30-26)39-18-11-29-28(37)22-9-12-35(13-10-22)25-8-7-24(32-33-25)21-3-5-23(38-2)6-4-21/h3-8,19-20,22H,9-18H2,1-2H3,(H,29,37). The molecule has 11 nitrogen and oxygen atoms in total. The summed E-state index contributed by atoms with van der Waals surface area (Å²) in [6.07, 6.45) is 3.08. The minimum Gasteiger partial charge on any atom is -0.497 e. The van der Waals surface area contributed by atoms with E-state index in [0.717, 1.165) is 80.8 Å². The van der Waals surface area contributed by atoms with E-state index >= 15 is 0 Å². The van der Waals surface area contributed by atoms with E-state index in [1.807, 2.05) is 42.5 Å². The van der Waals surface area contributed by atoms with Crippen LogP contribution in [0.15, 0.2) is 48.8 Å². The first-order valence-corrected chi connectivity index (χ1v) is 13.5. The molecule has 3 aromatic rings. The van der Waals surface area contributed by atoms with Gasteiger partial charge in [0.2, 0.25) is 11.8 Å². The van der Waals surface area contributed by atoms with Gasteiger partial charge in [0.25, 0.3) is 0 Å². The Hall–Kier alpha value is -3.99. The Morgan fingerprint density at radius 2 is 1.67 bits per heavy atom. The third-order valence-electron chi connectivity index (χ3n) is 7.33. The maximum Gasteiger partial charge on any atom is 0.223 e. The Morgan fingerprint density at radius 1 is 0.923 bits per heavy atom. The average Bonchev–Trinajstić information content (AvgIpc) is 3.00. The molecule has 1 N–H and O–H groups in total. The van der Waals surface area contributed by atoms with Gasteiger partial charge in [0.1, 0.15) is 24.5 Å². The van der Waals surface area contributed by atoms with Gasteiger partial charge in [0, 0.05) is 56.8 Å². The summed E-state index contributed by atoms with van der Waals surface area (Å²) in [7, 11) is 3.78. The van der Waals surface area contributed by atoms with Crippen molar-refractivity contribution in [3.63, 3.8) is 0 Å². The predicted octanol–water partition coefficient (Wildman–Crippen LogP) is 2.11. The van der Waals surface area contributed by atoms with Gasteiger partial charge in [-0.1, -0.05) is 0 Å². The lowest BCUT2D eigenvalue weighted by atomic mass is 9.96. The van der Waals surface area contributed by atoms with Crippen LogP contribution in [0.4, 0.5) is 11.6 Å². The third-order valence-corrected chi connectivity index (χ3v) is 7.33. The van der Waals surface area contributed by atoms with Crippen LogP contribution in [0.1, 0.15) is 12.8 Å². The lowest BCUT2D eigenvalue weighted by Crippen LogP contribution is -2.44. The van der Waals surface area contributed by atoms with Gasteiger partial charge in [-0.15, -0.1) is 10.2 Å². The SMILES string of the molecule is COc1ccc(-c2ccc(N3CCC(C(=O)NCCOc4cc(N5CCN(C)CC5)ncn4)CC3)nn2)cc1. The molecule has 0 unspecified atom stereocenters. The third kappa shape index (κ3) is 6.91. The largest absolute Gasteiger partial charge is 0.497 e. The highest BCUT2D eigenvalue weighted by atomic mass is 16.5. The van der Waals surface area contributed by atoms with Crippen molar-refractivity contribution in [3.05, 3.63) is 48.8 Å². The molecular formula is C28H36N8O3. The van der Waals surface area contributed by atoms with Gasteiger partial charge in [-0.3, -0.25) is 4.79 Å². The fourth-order valence-electron chi connectivity index (χ4n) is 4.87. The van der Waals surface area contributed by atoms with Crippen molar-refractivity contribution in [2.75, 3.05) is 76.4 Å². The normalized spacial score (nSPS) is 16.7. The van der Waals surface area contributed by atoms with Crippen molar-refractivity contribution in [2.24, 2.45) is 5.92 Å². The molecule has 0 radical (unpaired) electrons. The molecule has 5 rings (SSSR count). The summed E-state index contributed by atoms with van der Waals surface area (Å²) in [6, 6.07) is 13.6. The molecule has 1 aromatic carbocycles. The van der Waals surface area contributed by atoms with E-state index < -0.39 is 0 Å². The van der Waals surface area contributed by atoms with E-state index in [1.165, 1.54) is 6.33 Å². The molecule has 0 saturated carbocycles. The van der Waals surface area contributed by atoms with Crippen molar-refractivity contribution in [1.82, 2.24) is 30.4 Å². The van der Waals surface area contributed by atoms with Crippen LogP contribution >= 0.6 is 0 Å². The van der Waals surface area contributed by atoms with Gasteiger partial charge < -0.3 is 29.5 Å². The summed E-state index contributed by atoms with van der Waals surface area (Å²) in [5, 5.41) is 11.9. The number of methoxy groups -OCH3 is 1. The number of aromatic nitrogens is 4. The molecule has 39 heavy (non-hydrogen) atoms. The van der Waals surface area contributed by atoms with Crippen LogP contribution in [0, 0.1) is 5.92 Å². The number of carbonyl (C=O) groups is 1. The van der Waals surface area contributed by atoms with Gasteiger partial charge in [-0.2, -0.15) is 0 Å². The molecule has 2 aliphatic heterocycles. The molecular weight excluding hydrogens is 496 g/mol. The van der Waals surface area contributed by atoms with E-state index in [4.69, 9.17) is 9.47 Å². The number of ether oxygens (including phenoxy) is 2. The van der Waals surface area contributed by atoms with Crippen molar-refractivity contribution < 1.29 is 14.3 Å². The first-order valence-electron chi connectivity index (χ1n) is 13.5. The van der Waals surface area contributed by atoms with Crippen LogP contribution in [-0.2, 0) is 4.79 Å². The van der Waals surface area contributed by atoms with Crippen molar-refractivity contribution in [2.45, 2.75) is 12.8 Å². The Bertz CT molecular complexity index is 1210. The van der Waals surface area contributed by atoms with Crippen LogP contribution in [0.2, 0.25) is 0 Å². The Morgan fingerprint density at radius 3 is 2.36 bits per heavy atom. The van der Waals surface area contributed by atoms with Gasteiger partial charge in [-0.05, 0) is 56.3 Å². The molecule has 0 aliphatic carbocycles. The lowest BCUT2D eigenvalue weighted by Gasteiger charge is -2.33. The highest BCUT2D eigenvalue weighted by Crippen LogP contribution is 2.25. The number of piperidine rings is 1. The molecule has 2 aromatic heterocycles. The highest BCUT2D eigenvalue weighted by molar-refractivity contribution is 5.79. The molecule has 2 aliphatic rings. The van der Waals surface area contributed by atoms with Crippen molar-refractivity contribution in [3.8, 4) is 22.9 Å². The number of nitrogens with one attached hydrogen (secondary N) is 1. The Balaban J connectivity index is 1.03. The first-order chi connectivity index (χ1) is 19.1. The lowest BCUT2D eigenvalue weighted by molar-refractivity contribution is -0.125. The molecule has 206 valence electrons. The summed E-state index contributed by atoms with van der Waals surface area (Å²) >= 11 is 0. The van der Waals surface area contributed by atoms with E-state index in [2.05, 4.69) is 47.2 Å². The number of nitrogens with zero attached hydrogens (tertiary/aromatic N) is 7. The molecule has 11 heteroatoms. The molecule has 0 spiro atoms.